The summed E-state index contributed by atoms with van der Waals surface area (Å²) < 4.78 is 5.33. The smallest absolute Gasteiger partial charge is 0.151 e. The lowest BCUT2D eigenvalue weighted by atomic mass is 10.1. The Morgan fingerprint density at radius 2 is 2.24 bits per heavy atom. The van der Waals surface area contributed by atoms with Gasteiger partial charge in [-0.3, -0.25) is 5.10 Å². The second-order valence-corrected chi connectivity index (χ2v) is 4.44. The molecule has 5 heteroatoms. The highest BCUT2D eigenvalue weighted by atomic mass is 16.3. The summed E-state index contributed by atoms with van der Waals surface area (Å²) in [4.78, 5) is 2.26. The van der Waals surface area contributed by atoms with Gasteiger partial charge in [0.1, 0.15) is 5.69 Å². The van der Waals surface area contributed by atoms with Gasteiger partial charge >= 0.3 is 0 Å². The molecule has 0 spiro atoms. The Morgan fingerprint density at radius 3 is 2.94 bits per heavy atom. The van der Waals surface area contributed by atoms with E-state index in [2.05, 4.69) is 15.1 Å². The molecule has 5 nitrogen and oxygen atoms in total. The van der Waals surface area contributed by atoms with Gasteiger partial charge in [-0.2, -0.15) is 5.10 Å². The Hall–Kier alpha value is -1.75. The first kappa shape index (κ1) is 10.4. The third kappa shape index (κ3) is 2.06. The lowest BCUT2D eigenvalue weighted by Gasteiger charge is -2.29. The van der Waals surface area contributed by atoms with Crippen molar-refractivity contribution in [2.75, 3.05) is 18.0 Å². The summed E-state index contributed by atoms with van der Waals surface area (Å²) in [5.74, 6) is 1.79. The highest BCUT2D eigenvalue weighted by Crippen LogP contribution is 2.23. The molecule has 3 rings (SSSR count). The van der Waals surface area contributed by atoms with Crippen LogP contribution < -0.4 is 10.6 Å². The number of H-pyrrole nitrogens is 1. The monoisotopic (exact) mass is 232 g/mol. The van der Waals surface area contributed by atoms with E-state index in [1.54, 1.807) is 6.26 Å². The van der Waals surface area contributed by atoms with E-state index in [0.717, 1.165) is 43.2 Å². The largest absolute Gasteiger partial charge is 0.463 e. The molecule has 2 aromatic rings. The van der Waals surface area contributed by atoms with Gasteiger partial charge in [-0.05, 0) is 25.0 Å². The minimum Gasteiger partial charge on any atom is -0.463 e. The van der Waals surface area contributed by atoms with Gasteiger partial charge in [-0.1, -0.05) is 0 Å². The molecule has 0 saturated carbocycles. The van der Waals surface area contributed by atoms with Crippen molar-refractivity contribution in [1.29, 1.82) is 0 Å². The van der Waals surface area contributed by atoms with Crippen molar-refractivity contribution in [3.63, 3.8) is 0 Å². The number of hydrogen-bond donors (Lipinski definition) is 2. The first-order valence-corrected chi connectivity index (χ1v) is 5.93. The summed E-state index contributed by atoms with van der Waals surface area (Å²) in [5.41, 5.74) is 6.80. The zero-order chi connectivity index (χ0) is 11.7. The third-order valence-corrected chi connectivity index (χ3v) is 3.21. The molecule has 1 saturated heterocycles. The minimum absolute atomic E-state index is 0.342. The van der Waals surface area contributed by atoms with Gasteiger partial charge in [0, 0.05) is 25.2 Å². The van der Waals surface area contributed by atoms with Gasteiger partial charge in [0.05, 0.1) is 6.26 Å². The van der Waals surface area contributed by atoms with Gasteiger partial charge in [-0.25, -0.2) is 0 Å². The van der Waals surface area contributed by atoms with Crippen LogP contribution in [0.3, 0.4) is 0 Å². The summed E-state index contributed by atoms with van der Waals surface area (Å²) in [6, 6.07) is 6.16. The van der Waals surface area contributed by atoms with E-state index in [4.69, 9.17) is 10.2 Å². The average molecular weight is 232 g/mol. The van der Waals surface area contributed by atoms with Crippen molar-refractivity contribution in [3.05, 3.63) is 24.5 Å². The third-order valence-electron chi connectivity index (χ3n) is 3.21. The van der Waals surface area contributed by atoms with Gasteiger partial charge in [0.2, 0.25) is 0 Å². The fourth-order valence-corrected chi connectivity index (χ4v) is 2.16. The number of nitrogens with zero attached hydrogens (tertiary/aromatic N) is 2. The van der Waals surface area contributed by atoms with Crippen LogP contribution in [0.2, 0.25) is 0 Å². The number of nitrogens with one attached hydrogen (secondary N) is 1. The van der Waals surface area contributed by atoms with Crippen LogP contribution in [-0.2, 0) is 0 Å². The molecule has 3 N–H and O–H groups in total. The van der Waals surface area contributed by atoms with E-state index in [0.29, 0.717) is 6.04 Å². The molecule has 2 aromatic heterocycles. The van der Waals surface area contributed by atoms with Gasteiger partial charge in [0.15, 0.2) is 11.6 Å². The van der Waals surface area contributed by atoms with Crippen molar-refractivity contribution in [3.8, 4) is 11.5 Å². The van der Waals surface area contributed by atoms with Gasteiger partial charge in [0.25, 0.3) is 0 Å². The van der Waals surface area contributed by atoms with E-state index in [9.17, 15) is 0 Å². The number of nitrogens with two attached hydrogens (primary N) is 1. The number of aromatic nitrogens is 2. The van der Waals surface area contributed by atoms with E-state index in [-0.39, 0.29) is 0 Å². The Labute approximate surface area is 99.6 Å². The number of furan rings is 1. The second-order valence-electron chi connectivity index (χ2n) is 4.44. The topological polar surface area (TPSA) is 71.1 Å². The second kappa shape index (κ2) is 4.25. The Bertz CT molecular complexity index is 468. The Kier molecular flexibility index (Phi) is 2.60. The van der Waals surface area contributed by atoms with Crippen LogP contribution in [0.5, 0.6) is 0 Å². The number of anilines is 1. The molecule has 0 bridgehead atoms. The maximum atomic E-state index is 5.89. The average Bonchev–Trinajstić information content (AvgIpc) is 3.00. The van der Waals surface area contributed by atoms with Crippen molar-refractivity contribution in [1.82, 2.24) is 10.2 Å². The molecule has 0 atom stereocenters. The molecule has 0 unspecified atom stereocenters. The molecule has 1 aliphatic heterocycles. The first-order valence-electron chi connectivity index (χ1n) is 5.93. The fraction of sp³-hybridized carbons (Fsp3) is 0.417. The summed E-state index contributed by atoms with van der Waals surface area (Å²) in [5, 5.41) is 7.32. The van der Waals surface area contributed by atoms with Crippen molar-refractivity contribution >= 4 is 5.82 Å². The lowest BCUT2D eigenvalue weighted by Crippen LogP contribution is -2.39. The summed E-state index contributed by atoms with van der Waals surface area (Å²) in [7, 11) is 0. The summed E-state index contributed by atoms with van der Waals surface area (Å²) in [6.45, 7) is 1.95. The predicted octanol–water partition coefficient (Wildman–Crippen LogP) is 1.60. The molecule has 1 fully saturated rings. The molecule has 0 radical (unpaired) electrons. The standard InChI is InChI=1S/C12H16N4O/c13-9-3-5-16(6-4-9)12-8-10(14-15-12)11-2-1-7-17-11/h1-2,7-9H,3-6,13H2,(H,14,15). The van der Waals surface area contributed by atoms with Crippen molar-refractivity contribution < 1.29 is 4.42 Å². The highest BCUT2D eigenvalue weighted by molar-refractivity contribution is 5.58. The van der Waals surface area contributed by atoms with Gasteiger partial charge in [-0.15, -0.1) is 0 Å². The maximum Gasteiger partial charge on any atom is 0.151 e. The zero-order valence-corrected chi connectivity index (χ0v) is 9.60. The van der Waals surface area contributed by atoms with Gasteiger partial charge < -0.3 is 15.1 Å². The van der Waals surface area contributed by atoms with Crippen molar-refractivity contribution in [2.24, 2.45) is 5.73 Å². The van der Waals surface area contributed by atoms with Crippen LogP contribution in [-0.4, -0.2) is 29.3 Å². The number of hydrogen-bond acceptors (Lipinski definition) is 4. The fourth-order valence-electron chi connectivity index (χ4n) is 2.16. The quantitative estimate of drug-likeness (QED) is 0.825. The van der Waals surface area contributed by atoms with E-state index in [1.165, 1.54) is 0 Å². The number of aromatic amines is 1. The van der Waals surface area contributed by atoms with E-state index < -0.39 is 0 Å². The highest BCUT2D eigenvalue weighted by Gasteiger charge is 2.18. The maximum absolute atomic E-state index is 5.89. The van der Waals surface area contributed by atoms with Crippen molar-refractivity contribution in [2.45, 2.75) is 18.9 Å². The van der Waals surface area contributed by atoms with Crippen LogP contribution >= 0.6 is 0 Å². The Morgan fingerprint density at radius 1 is 1.41 bits per heavy atom. The molecule has 17 heavy (non-hydrogen) atoms. The lowest BCUT2D eigenvalue weighted by molar-refractivity contribution is 0.498. The van der Waals surface area contributed by atoms with E-state index >= 15 is 0 Å². The van der Waals surface area contributed by atoms with Crippen LogP contribution in [0, 0.1) is 0 Å². The number of rotatable bonds is 2. The predicted molar refractivity (Wildman–Crippen MR) is 65.7 cm³/mol. The van der Waals surface area contributed by atoms with E-state index in [1.807, 2.05) is 18.2 Å². The molecule has 90 valence electrons. The SMILES string of the molecule is NC1CCN(c2cc(-c3ccco3)[nH]n2)CC1. The zero-order valence-electron chi connectivity index (χ0n) is 9.60. The Balaban J connectivity index is 1.76. The summed E-state index contributed by atoms with van der Waals surface area (Å²) >= 11 is 0. The first-order chi connectivity index (χ1) is 8.33. The molecule has 0 aromatic carbocycles. The van der Waals surface area contributed by atoms with Crippen LogP contribution in [0.1, 0.15) is 12.8 Å². The summed E-state index contributed by atoms with van der Waals surface area (Å²) in [6.07, 6.45) is 3.72. The van der Waals surface area contributed by atoms with Crippen LogP contribution in [0.15, 0.2) is 28.9 Å². The van der Waals surface area contributed by atoms with Crippen LogP contribution in [0.4, 0.5) is 5.82 Å². The molecule has 0 aliphatic carbocycles. The molecule has 1 aliphatic rings. The minimum atomic E-state index is 0.342. The molecule has 3 heterocycles. The normalized spacial score (nSPS) is 17.6. The molecular formula is C12H16N4O. The van der Waals surface area contributed by atoms with Crippen LogP contribution in [0.25, 0.3) is 11.5 Å². The molecule has 0 amide bonds. The number of piperidine rings is 1. The molecular weight excluding hydrogens is 216 g/mol.